The van der Waals surface area contributed by atoms with E-state index in [-0.39, 0.29) is 16.9 Å². The van der Waals surface area contributed by atoms with E-state index in [0.717, 1.165) is 0 Å². The Morgan fingerprint density at radius 1 is 1.41 bits per heavy atom. The van der Waals surface area contributed by atoms with Crippen LogP contribution in [-0.2, 0) is 4.74 Å². The first-order valence-electron chi connectivity index (χ1n) is 4.90. The van der Waals surface area contributed by atoms with E-state index < -0.39 is 11.6 Å². The zero-order valence-corrected chi connectivity index (χ0v) is 9.31. The number of esters is 1. The minimum Gasteiger partial charge on any atom is -0.507 e. The summed E-state index contributed by atoms with van der Waals surface area (Å²) in [5.74, 6) is -0.824. The van der Waals surface area contributed by atoms with Crippen LogP contribution in [0.5, 0.6) is 5.75 Å². The van der Waals surface area contributed by atoms with Crippen LogP contribution in [0.3, 0.4) is 0 Å². The highest BCUT2D eigenvalue weighted by molar-refractivity contribution is 5.97. The zero-order valence-electron chi connectivity index (χ0n) is 9.31. The first-order valence-corrected chi connectivity index (χ1v) is 4.90. The Kier molecular flexibility index (Phi) is 2.59. The Hall–Kier alpha value is -2.30. The fraction of sp³-hybridized carbons (Fsp3) is 0.167. The maximum atomic E-state index is 11.6. The van der Waals surface area contributed by atoms with Crippen LogP contribution in [-0.4, -0.2) is 18.2 Å². The lowest BCUT2D eigenvalue weighted by atomic mass is 10.1. The predicted octanol–water partition coefficient (Wildman–Crippen LogP) is 1.59. The Labute approximate surface area is 96.2 Å². The van der Waals surface area contributed by atoms with Crippen molar-refractivity contribution in [2.24, 2.45) is 0 Å². The third-order valence-electron chi connectivity index (χ3n) is 2.55. The van der Waals surface area contributed by atoms with Gasteiger partial charge in [0.1, 0.15) is 16.9 Å². The molecule has 0 radical (unpaired) electrons. The number of hydrogen-bond acceptors (Lipinski definition) is 5. The average molecular weight is 234 g/mol. The molecule has 17 heavy (non-hydrogen) atoms. The van der Waals surface area contributed by atoms with Gasteiger partial charge in [-0.2, -0.15) is 0 Å². The molecule has 0 aliphatic carbocycles. The van der Waals surface area contributed by atoms with E-state index in [1.54, 1.807) is 19.1 Å². The van der Waals surface area contributed by atoms with Gasteiger partial charge in [-0.3, -0.25) is 0 Å². The summed E-state index contributed by atoms with van der Waals surface area (Å²) >= 11 is 0. The SMILES string of the molecule is COC(=O)c1c(C)c2c(O)cccc2oc1=O. The Balaban J connectivity index is 2.93. The zero-order chi connectivity index (χ0) is 12.6. The fourth-order valence-corrected chi connectivity index (χ4v) is 1.75. The lowest BCUT2D eigenvalue weighted by molar-refractivity contribution is 0.0595. The largest absolute Gasteiger partial charge is 0.507 e. The van der Waals surface area contributed by atoms with Crippen molar-refractivity contribution in [3.63, 3.8) is 0 Å². The Morgan fingerprint density at radius 3 is 2.76 bits per heavy atom. The molecule has 0 fully saturated rings. The van der Waals surface area contributed by atoms with Gasteiger partial charge in [-0.15, -0.1) is 0 Å². The molecule has 88 valence electrons. The number of fused-ring (bicyclic) bond motifs is 1. The third kappa shape index (κ3) is 1.65. The standard InChI is InChI=1S/C12H10O5/c1-6-9-7(13)4-3-5-8(9)17-12(15)10(6)11(14)16-2/h3-5,13H,1-2H3. The van der Waals surface area contributed by atoms with E-state index in [2.05, 4.69) is 4.74 Å². The minimum atomic E-state index is -0.776. The molecule has 0 amide bonds. The summed E-state index contributed by atoms with van der Waals surface area (Å²) in [6.45, 7) is 1.56. The number of carbonyl (C=O) groups is 1. The van der Waals surface area contributed by atoms with Crippen molar-refractivity contribution in [3.05, 3.63) is 39.7 Å². The van der Waals surface area contributed by atoms with Gasteiger partial charge in [0.25, 0.3) is 0 Å². The van der Waals surface area contributed by atoms with Crippen molar-refractivity contribution >= 4 is 16.9 Å². The van der Waals surface area contributed by atoms with E-state index >= 15 is 0 Å². The molecule has 1 aromatic heterocycles. The number of aryl methyl sites for hydroxylation is 1. The highest BCUT2D eigenvalue weighted by atomic mass is 16.5. The molecule has 5 heteroatoms. The van der Waals surface area contributed by atoms with Crippen LogP contribution >= 0.6 is 0 Å². The number of carbonyl (C=O) groups excluding carboxylic acids is 1. The number of ether oxygens (including phenoxy) is 1. The van der Waals surface area contributed by atoms with Crippen molar-refractivity contribution < 1.29 is 19.1 Å². The van der Waals surface area contributed by atoms with Crippen LogP contribution in [0.15, 0.2) is 27.4 Å². The highest BCUT2D eigenvalue weighted by Gasteiger charge is 2.20. The molecule has 0 saturated carbocycles. The Morgan fingerprint density at radius 2 is 2.12 bits per heavy atom. The summed E-state index contributed by atoms with van der Waals surface area (Å²) in [6.07, 6.45) is 0. The van der Waals surface area contributed by atoms with Crippen LogP contribution in [0.25, 0.3) is 11.0 Å². The predicted molar refractivity (Wildman–Crippen MR) is 60.2 cm³/mol. The van der Waals surface area contributed by atoms with Crippen molar-refractivity contribution in [2.45, 2.75) is 6.92 Å². The number of hydrogen-bond donors (Lipinski definition) is 1. The number of benzene rings is 1. The van der Waals surface area contributed by atoms with Crippen LogP contribution in [0.2, 0.25) is 0 Å². The quantitative estimate of drug-likeness (QED) is 0.599. The van der Waals surface area contributed by atoms with E-state index in [1.165, 1.54) is 13.2 Å². The molecule has 0 aliphatic rings. The summed E-state index contributed by atoms with van der Waals surface area (Å²) in [6, 6.07) is 4.55. The average Bonchev–Trinajstić information content (AvgIpc) is 2.28. The van der Waals surface area contributed by atoms with Gasteiger partial charge in [-0.25, -0.2) is 9.59 Å². The van der Waals surface area contributed by atoms with Gasteiger partial charge in [-0.1, -0.05) is 6.07 Å². The van der Waals surface area contributed by atoms with Gasteiger partial charge < -0.3 is 14.3 Å². The van der Waals surface area contributed by atoms with Crippen molar-refractivity contribution in [2.75, 3.05) is 7.11 Å². The van der Waals surface area contributed by atoms with E-state index in [4.69, 9.17) is 4.42 Å². The number of methoxy groups -OCH3 is 1. The van der Waals surface area contributed by atoms with E-state index in [1.807, 2.05) is 0 Å². The maximum absolute atomic E-state index is 11.6. The third-order valence-corrected chi connectivity index (χ3v) is 2.55. The van der Waals surface area contributed by atoms with Crippen LogP contribution < -0.4 is 5.63 Å². The van der Waals surface area contributed by atoms with Gasteiger partial charge >= 0.3 is 11.6 Å². The van der Waals surface area contributed by atoms with Crippen LogP contribution in [0.4, 0.5) is 0 Å². The minimum absolute atomic E-state index is 0.0473. The second kappa shape index (κ2) is 3.93. The molecular formula is C12H10O5. The van der Waals surface area contributed by atoms with Gasteiger partial charge in [0.05, 0.1) is 12.5 Å². The van der Waals surface area contributed by atoms with E-state index in [0.29, 0.717) is 10.9 Å². The summed E-state index contributed by atoms with van der Waals surface area (Å²) in [7, 11) is 1.18. The maximum Gasteiger partial charge on any atom is 0.351 e. The molecule has 2 aromatic rings. The highest BCUT2D eigenvalue weighted by Crippen LogP contribution is 2.28. The molecule has 1 aromatic carbocycles. The summed E-state index contributed by atoms with van der Waals surface area (Å²) in [4.78, 5) is 23.1. The number of aromatic hydroxyl groups is 1. The molecular weight excluding hydrogens is 224 g/mol. The summed E-state index contributed by atoms with van der Waals surface area (Å²) < 4.78 is 9.47. The molecule has 0 aliphatic heterocycles. The topological polar surface area (TPSA) is 76.7 Å². The monoisotopic (exact) mass is 234 g/mol. The lowest BCUT2D eigenvalue weighted by Crippen LogP contribution is -2.17. The molecule has 0 unspecified atom stereocenters. The van der Waals surface area contributed by atoms with Crippen molar-refractivity contribution in [3.8, 4) is 5.75 Å². The van der Waals surface area contributed by atoms with Gasteiger partial charge in [-0.05, 0) is 24.6 Å². The summed E-state index contributed by atoms with van der Waals surface area (Å²) in [5.41, 5.74) is -0.379. The van der Waals surface area contributed by atoms with Gasteiger partial charge in [0.2, 0.25) is 0 Å². The number of rotatable bonds is 1. The smallest absolute Gasteiger partial charge is 0.351 e. The number of phenolic OH excluding ortho intramolecular Hbond substituents is 1. The van der Waals surface area contributed by atoms with Crippen molar-refractivity contribution in [1.82, 2.24) is 0 Å². The van der Waals surface area contributed by atoms with Crippen molar-refractivity contribution in [1.29, 1.82) is 0 Å². The molecule has 0 bridgehead atoms. The Bertz CT molecular complexity index is 654. The fourth-order valence-electron chi connectivity index (χ4n) is 1.75. The molecule has 0 atom stereocenters. The molecule has 5 nitrogen and oxygen atoms in total. The van der Waals surface area contributed by atoms with Gasteiger partial charge in [0, 0.05) is 0 Å². The van der Waals surface area contributed by atoms with E-state index in [9.17, 15) is 14.7 Å². The second-order valence-electron chi connectivity index (χ2n) is 3.53. The molecule has 1 heterocycles. The van der Waals surface area contributed by atoms with Crippen LogP contribution in [0.1, 0.15) is 15.9 Å². The summed E-state index contributed by atoms with van der Waals surface area (Å²) in [5, 5.41) is 10.0. The first kappa shape index (κ1) is 11.2. The van der Waals surface area contributed by atoms with Crippen LogP contribution in [0, 0.1) is 6.92 Å². The molecule has 2 rings (SSSR count). The normalized spacial score (nSPS) is 10.5. The first-order chi connectivity index (χ1) is 8.06. The molecule has 0 saturated heterocycles. The molecule has 1 N–H and O–H groups in total. The second-order valence-corrected chi connectivity index (χ2v) is 3.53. The number of phenols is 1. The molecule has 0 spiro atoms. The lowest BCUT2D eigenvalue weighted by Gasteiger charge is -2.06. The van der Waals surface area contributed by atoms with Gasteiger partial charge in [0.15, 0.2) is 0 Å².